The SMILES string of the molecule is C=C.C=C/C(=C\C)[S+](/C(C=C)=C/C=C\C)c1ccccc1.CC. The van der Waals surface area contributed by atoms with Gasteiger partial charge in [0.2, 0.25) is 0 Å². The highest BCUT2D eigenvalue weighted by Crippen LogP contribution is 2.30. The number of benzene rings is 1. The van der Waals surface area contributed by atoms with Crippen LogP contribution in [0.15, 0.2) is 108 Å². The minimum absolute atomic E-state index is 0.130. The maximum absolute atomic E-state index is 3.95. The van der Waals surface area contributed by atoms with E-state index in [1.807, 2.05) is 45.1 Å². The second kappa shape index (κ2) is 16.4. The van der Waals surface area contributed by atoms with E-state index in [-0.39, 0.29) is 10.9 Å². The number of rotatable bonds is 6. The summed E-state index contributed by atoms with van der Waals surface area (Å²) in [5.74, 6) is 0. The third-order valence-electron chi connectivity index (χ3n) is 2.59. The van der Waals surface area contributed by atoms with E-state index in [2.05, 4.69) is 75.7 Å². The molecule has 0 N–H and O–H groups in total. The molecule has 0 aliphatic rings. The minimum Gasteiger partial charge on any atom is -0.106 e. The molecule has 0 bridgehead atoms. The Hall–Kier alpha value is -1.99. The van der Waals surface area contributed by atoms with E-state index in [1.54, 1.807) is 0 Å². The molecule has 0 amide bonds. The molecule has 1 aromatic rings. The predicted octanol–water partition coefficient (Wildman–Crippen LogP) is 7.23. The van der Waals surface area contributed by atoms with Crippen LogP contribution in [-0.4, -0.2) is 0 Å². The number of allylic oxidation sites excluding steroid dienone is 6. The molecular weight excluding hydrogens is 296 g/mol. The van der Waals surface area contributed by atoms with Crippen molar-refractivity contribution in [3.05, 3.63) is 103 Å². The molecule has 0 aliphatic carbocycles. The van der Waals surface area contributed by atoms with Gasteiger partial charge in [0.25, 0.3) is 0 Å². The highest BCUT2D eigenvalue weighted by Gasteiger charge is 2.28. The highest BCUT2D eigenvalue weighted by molar-refractivity contribution is 8.04. The molecule has 0 saturated heterocycles. The molecule has 0 fully saturated rings. The summed E-state index contributed by atoms with van der Waals surface area (Å²) < 4.78 is 0. The highest BCUT2D eigenvalue weighted by atomic mass is 32.2. The van der Waals surface area contributed by atoms with Crippen molar-refractivity contribution in [2.75, 3.05) is 0 Å². The smallest absolute Gasteiger partial charge is 0.106 e. The third-order valence-corrected chi connectivity index (χ3v) is 4.98. The average molecular weight is 328 g/mol. The fourth-order valence-electron chi connectivity index (χ4n) is 1.69. The molecule has 0 heterocycles. The van der Waals surface area contributed by atoms with Crippen molar-refractivity contribution in [1.29, 1.82) is 0 Å². The van der Waals surface area contributed by atoms with Crippen LogP contribution >= 0.6 is 0 Å². The van der Waals surface area contributed by atoms with Crippen molar-refractivity contribution in [3.8, 4) is 0 Å². The van der Waals surface area contributed by atoms with Crippen molar-refractivity contribution >= 4 is 10.9 Å². The van der Waals surface area contributed by atoms with Crippen LogP contribution in [0.5, 0.6) is 0 Å². The van der Waals surface area contributed by atoms with Crippen molar-refractivity contribution in [3.63, 3.8) is 0 Å². The Morgan fingerprint density at radius 2 is 1.43 bits per heavy atom. The molecule has 124 valence electrons. The molecular formula is C22H31S+. The second-order valence-corrected chi connectivity index (χ2v) is 5.84. The van der Waals surface area contributed by atoms with Gasteiger partial charge in [-0.2, -0.15) is 0 Å². The molecule has 1 heteroatoms. The van der Waals surface area contributed by atoms with Gasteiger partial charge >= 0.3 is 0 Å². The molecule has 1 unspecified atom stereocenters. The first-order valence-corrected chi connectivity index (χ1v) is 9.04. The van der Waals surface area contributed by atoms with E-state index < -0.39 is 0 Å². The van der Waals surface area contributed by atoms with Crippen LogP contribution in [0.4, 0.5) is 0 Å². The van der Waals surface area contributed by atoms with Crippen LogP contribution in [0.3, 0.4) is 0 Å². The van der Waals surface area contributed by atoms with Gasteiger partial charge in [-0.25, -0.2) is 0 Å². The maximum Gasteiger partial charge on any atom is 0.166 e. The van der Waals surface area contributed by atoms with Crippen LogP contribution in [0, 0.1) is 0 Å². The lowest BCUT2D eigenvalue weighted by Gasteiger charge is -2.08. The predicted molar refractivity (Wildman–Crippen MR) is 112 cm³/mol. The van der Waals surface area contributed by atoms with Gasteiger partial charge < -0.3 is 0 Å². The number of hydrogen-bond acceptors (Lipinski definition) is 0. The Balaban J connectivity index is 0. The van der Waals surface area contributed by atoms with E-state index in [4.69, 9.17) is 0 Å². The van der Waals surface area contributed by atoms with Gasteiger partial charge in [0, 0.05) is 0 Å². The summed E-state index contributed by atoms with van der Waals surface area (Å²) in [7, 11) is -0.130. The molecule has 1 aromatic carbocycles. The topological polar surface area (TPSA) is 0 Å². The first-order valence-electron chi connectivity index (χ1n) is 7.82. The van der Waals surface area contributed by atoms with Gasteiger partial charge in [0.1, 0.15) is 0 Å². The first kappa shape index (κ1) is 23.3. The molecule has 0 aromatic heterocycles. The largest absolute Gasteiger partial charge is 0.166 e. The van der Waals surface area contributed by atoms with E-state index in [1.165, 1.54) is 14.7 Å². The molecule has 0 spiro atoms. The van der Waals surface area contributed by atoms with Crippen LogP contribution in [0.25, 0.3) is 0 Å². The first-order chi connectivity index (χ1) is 11.3. The minimum atomic E-state index is -0.130. The van der Waals surface area contributed by atoms with Crippen LogP contribution in [0.1, 0.15) is 27.7 Å². The van der Waals surface area contributed by atoms with Gasteiger partial charge in [-0.1, -0.05) is 57.4 Å². The monoisotopic (exact) mass is 327 g/mol. The van der Waals surface area contributed by atoms with E-state index in [0.29, 0.717) is 0 Å². The van der Waals surface area contributed by atoms with Gasteiger partial charge in [0.05, 0.1) is 10.9 Å². The van der Waals surface area contributed by atoms with Gasteiger partial charge in [-0.15, -0.1) is 13.2 Å². The molecule has 23 heavy (non-hydrogen) atoms. The fraction of sp³-hybridized carbons (Fsp3) is 0.182. The Morgan fingerprint density at radius 3 is 1.83 bits per heavy atom. The lowest BCUT2D eigenvalue weighted by atomic mass is 10.4. The lowest BCUT2D eigenvalue weighted by molar-refractivity contribution is 1.45. The fourth-order valence-corrected chi connectivity index (χ4v) is 3.72. The standard InChI is InChI=1S/C18H21S.C2H6.C2H4/c1-5-9-13-17(8-4)19(16(6-2)7-3)18-14-11-10-12-15-18;2*1-2/h5-15H,2,4H2,1,3H3;1-2H3;1-2H2/q+1;;/b9-5-,16-7+,17-13+;;. The molecule has 1 rings (SSSR count). The summed E-state index contributed by atoms with van der Waals surface area (Å²) in [6, 6.07) is 10.5. The quantitative estimate of drug-likeness (QED) is 0.294. The molecule has 0 saturated carbocycles. The molecule has 0 radical (unpaired) electrons. The summed E-state index contributed by atoms with van der Waals surface area (Å²) >= 11 is 0. The molecule has 0 nitrogen and oxygen atoms in total. The summed E-state index contributed by atoms with van der Waals surface area (Å²) in [5.41, 5.74) is 0. The summed E-state index contributed by atoms with van der Waals surface area (Å²) in [6.45, 7) is 22.0. The zero-order valence-corrected chi connectivity index (χ0v) is 15.9. The Bertz CT molecular complexity index is 518. The van der Waals surface area contributed by atoms with E-state index in [9.17, 15) is 0 Å². The van der Waals surface area contributed by atoms with Crippen molar-refractivity contribution in [2.45, 2.75) is 32.6 Å². The zero-order valence-electron chi connectivity index (χ0n) is 15.1. The average Bonchev–Trinajstić information content (AvgIpc) is 2.65. The Labute approximate surface area is 146 Å². The van der Waals surface area contributed by atoms with Crippen LogP contribution < -0.4 is 0 Å². The van der Waals surface area contributed by atoms with Gasteiger partial charge in [0.15, 0.2) is 14.7 Å². The third kappa shape index (κ3) is 8.27. The van der Waals surface area contributed by atoms with Crippen LogP contribution in [-0.2, 0) is 10.9 Å². The normalized spacial score (nSPS) is 12.3. The van der Waals surface area contributed by atoms with Crippen molar-refractivity contribution in [2.24, 2.45) is 0 Å². The number of hydrogen-bond donors (Lipinski definition) is 0. The summed E-state index contributed by atoms with van der Waals surface area (Å²) in [6.07, 6.45) is 12.2. The van der Waals surface area contributed by atoms with E-state index >= 15 is 0 Å². The molecule has 1 atom stereocenters. The van der Waals surface area contributed by atoms with Crippen molar-refractivity contribution in [1.82, 2.24) is 0 Å². The lowest BCUT2D eigenvalue weighted by Crippen LogP contribution is -2.06. The summed E-state index contributed by atoms with van der Waals surface area (Å²) in [4.78, 5) is 3.71. The Kier molecular flexibility index (Phi) is 16.6. The second-order valence-electron chi connectivity index (χ2n) is 3.81. The van der Waals surface area contributed by atoms with Gasteiger partial charge in [-0.3, -0.25) is 0 Å². The van der Waals surface area contributed by atoms with Gasteiger partial charge in [-0.05, 0) is 50.3 Å². The van der Waals surface area contributed by atoms with Crippen LogP contribution in [0.2, 0.25) is 0 Å². The maximum atomic E-state index is 3.95. The molecule has 0 aliphatic heterocycles. The van der Waals surface area contributed by atoms with Crippen molar-refractivity contribution < 1.29 is 0 Å². The zero-order chi connectivity index (χ0) is 18.1. The summed E-state index contributed by atoms with van der Waals surface area (Å²) in [5, 5.41) is 0. The van der Waals surface area contributed by atoms with E-state index in [0.717, 1.165) is 0 Å². The Morgan fingerprint density at radius 1 is 0.913 bits per heavy atom.